The normalized spacial score (nSPS) is 27.9. The van der Waals surface area contributed by atoms with Gasteiger partial charge in [-0.05, 0) is 13.8 Å². The van der Waals surface area contributed by atoms with Crippen molar-refractivity contribution in [1.29, 1.82) is 0 Å². The number of carbonyl (C=O) groups is 1. The molecule has 1 aliphatic heterocycles. The third-order valence-corrected chi connectivity index (χ3v) is 2.91. The lowest BCUT2D eigenvalue weighted by Gasteiger charge is -2.39. The van der Waals surface area contributed by atoms with Gasteiger partial charge in [-0.1, -0.05) is 5.16 Å². The summed E-state index contributed by atoms with van der Waals surface area (Å²) < 4.78 is 10.4. The third-order valence-electron chi connectivity index (χ3n) is 2.91. The van der Waals surface area contributed by atoms with Gasteiger partial charge in [0.15, 0.2) is 11.5 Å². The highest BCUT2D eigenvalue weighted by molar-refractivity contribution is 5.85. The molecule has 0 unspecified atom stereocenters. The quantitative estimate of drug-likeness (QED) is 0.806. The van der Waals surface area contributed by atoms with Crippen LogP contribution in [0.5, 0.6) is 0 Å². The average Bonchev–Trinajstić information content (AvgIpc) is 2.64. The molecule has 0 radical (unpaired) electrons. The van der Waals surface area contributed by atoms with Gasteiger partial charge in [-0.3, -0.25) is 0 Å². The van der Waals surface area contributed by atoms with E-state index in [0.717, 1.165) is 0 Å². The molecule has 1 atom stereocenters. The number of rotatable bonds is 2. The predicted octanol–water partition coefficient (Wildman–Crippen LogP) is 1.15. The molecule has 6 heteroatoms. The molecule has 1 aliphatic rings. The maximum Gasteiger partial charge on any atom is 0.358 e. The molecule has 2 heterocycles. The maximum atomic E-state index is 10.7. The molecule has 1 aromatic heterocycles. The zero-order valence-electron chi connectivity index (χ0n) is 9.77. The number of hydrogen-bond donors (Lipinski definition) is 2. The minimum Gasteiger partial charge on any atom is -0.476 e. The molecule has 17 heavy (non-hydrogen) atoms. The Labute approximate surface area is 98.2 Å². The van der Waals surface area contributed by atoms with Crippen molar-refractivity contribution in [2.45, 2.75) is 37.9 Å². The van der Waals surface area contributed by atoms with E-state index in [1.54, 1.807) is 0 Å². The van der Waals surface area contributed by atoms with Crippen LogP contribution >= 0.6 is 0 Å². The summed E-state index contributed by atoms with van der Waals surface area (Å²) in [4.78, 5) is 10.7. The van der Waals surface area contributed by atoms with Gasteiger partial charge in [-0.25, -0.2) is 4.79 Å². The minimum absolute atomic E-state index is 0.186. The number of hydrogen-bond acceptors (Lipinski definition) is 5. The summed E-state index contributed by atoms with van der Waals surface area (Å²) in [5.41, 5.74) is -1.87. The van der Waals surface area contributed by atoms with Crippen molar-refractivity contribution in [2.75, 3.05) is 6.61 Å². The molecule has 0 amide bonds. The molecule has 1 saturated heterocycles. The molecule has 0 spiro atoms. The number of aromatic nitrogens is 1. The van der Waals surface area contributed by atoms with E-state index < -0.39 is 17.2 Å². The van der Waals surface area contributed by atoms with Crippen molar-refractivity contribution in [3.8, 4) is 0 Å². The van der Waals surface area contributed by atoms with Crippen LogP contribution in [0.25, 0.3) is 0 Å². The second-order valence-electron chi connectivity index (χ2n) is 4.95. The van der Waals surface area contributed by atoms with Crippen molar-refractivity contribution in [2.24, 2.45) is 0 Å². The van der Waals surface area contributed by atoms with Crippen LogP contribution in [0, 0.1) is 0 Å². The van der Waals surface area contributed by atoms with Gasteiger partial charge in [0.1, 0.15) is 5.60 Å². The van der Waals surface area contributed by atoms with Gasteiger partial charge in [0.25, 0.3) is 0 Å². The highest BCUT2D eigenvalue weighted by Crippen LogP contribution is 2.39. The predicted molar refractivity (Wildman–Crippen MR) is 56.6 cm³/mol. The molecule has 2 N–H and O–H groups in total. The fraction of sp³-hybridized carbons (Fsp3) is 0.636. The van der Waals surface area contributed by atoms with E-state index in [4.69, 9.17) is 14.4 Å². The number of aromatic carboxylic acids is 1. The van der Waals surface area contributed by atoms with Gasteiger partial charge in [0.2, 0.25) is 0 Å². The molecule has 0 saturated carbocycles. The Morgan fingerprint density at radius 1 is 1.53 bits per heavy atom. The second-order valence-corrected chi connectivity index (χ2v) is 4.95. The Morgan fingerprint density at radius 3 is 2.76 bits per heavy atom. The smallest absolute Gasteiger partial charge is 0.358 e. The third kappa shape index (κ3) is 2.32. The van der Waals surface area contributed by atoms with Crippen molar-refractivity contribution < 1.29 is 24.3 Å². The molecular formula is C11H15NO5. The van der Waals surface area contributed by atoms with Crippen LogP contribution in [0.15, 0.2) is 10.6 Å². The Kier molecular flexibility index (Phi) is 2.71. The van der Waals surface area contributed by atoms with Crippen LogP contribution in [-0.4, -0.2) is 33.5 Å². The van der Waals surface area contributed by atoms with E-state index in [1.165, 1.54) is 6.07 Å². The summed E-state index contributed by atoms with van der Waals surface area (Å²) in [5, 5.41) is 22.6. The van der Waals surface area contributed by atoms with E-state index in [1.807, 2.05) is 13.8 Å². The lowest BCUT2D eigenvalue weighted by atomic mass is 9.82. The first-order valence-electron chi connectivity index (χ1n) is 5.39. The molecule has 0 aromatic carbocycles. The monoisotopic (exact) mass is 241 g/mol. The van der Waals surface area contributed by atoms with E-state index in [9.17, 15) is 9.90 Å². The first-order valence-corrected chi connectivity index (χ1v) is 5.39. The SMILES string of the molecule is CC1(C)C[C@](O)(c2cc(C(=O)O)no2)CCO1. The van der Waals surface area contributed by atoms with Gasteiger partial charge in [-0.2, -0.15) is 0 Å². The molecule has 94 valence electrons. The van der Waals surface area contributed by atoms with Gasteiger partial charge in [0, 0.05) is 18.9 Å². The Bertz CT molecular complexity index is 439. The van der Waals surface area contributed by atoms with Crippen molar-refractivity contribution in [3.63, 3.8) is 0 Å². The van der Waals surface area contributed by atoms with Gasteiger partial charge in [0.05, 0.1) is 12.2 Å². The van der Waals surface area contributed by atoms with Gasteiger partial charge in [-0.15, -0.1) is 0 Å². The van der Waals surface area contributed by atoms with Gasteiger partial charge >= 0.3 is 5.97 Å². The Hall–Kier alpha value is -1.40. The zero-order valence-corrected chi connectivity index (χ0v) is 9.77. The zero-order chi connectivity index (χ0) is 12.7. The van der Waals surface area contributed by atoms with Crippen molar-refractivity contribution in [3.05, 3.63) is 17.5 Å². The lowest BCUT2D eigenvalue weighted by Crippen LogP contribution is -2.43. The average molecular weight is 241 g/mol. The standard InChI is InChI=1S/C11H15NO5/c1-10(2)6-11(15,3-4-16-10)8-5-7(9(13)14)12-17-8/h5,15H,3-4,6H2,1-2H3,(H,13,14)/t11-/m0/s1. The van der Waals surface area contributed by atoms with Crippen LogP contribution < -0.4 is 0 Å². The molecule has 0 bridgehead atoms. The van der Waals surface area contributed by atoms with Crippen LogP contribution in [0.3, 0.4) is 0 Å². The van der Waals surface area contributed by atoms with E-state index >= 15 is 0 Å². The molecule has 1 aromatic rings. The number of carboxylic acid groups (broad SMARTS) is 1. The Morgan fingerprint density at radius 2 is 2.24 bits per heavy atom. The first kappa shape index (κ1) is 12.1. The number of aliphatic hydroxyl groups is 1. The second kappa shape index (κ2) is 3.82. The number of ether oxygens (including phenoxy) is 1. The highest BCUT2D eigenvalue weighted by Gasteiger charge is 2.43. The molecule has 6 nitrogen and oxygen atoms in total. The maximum absolute atomic E-state index is 10.7. The van der Waals surface area contributed by atoms with Gasteiger partial charge < -0.3 is 19.5 Å². The van der Waals surface area contributed by atoms with E-state index in [0.29, 0.717) is 19.4 Å². The van der Waals surface area contributed by atoms with Crippen LogP contribution in [0.1, 0.15) is 42.9 Å². The number of nitrogens with zero attached hydrogens (tertiary/aromatic N) is 1. The first-order chi connectivity index (χ1) is 7.82. The molecule has 1 fully saturated rings. The van der Waals surface area contributed by atoms with E-state index in [-0.39, 0.29) is 11.5 Å². The van der Waals surface area contributed by atoms with Crippen LogP contribution in [0.4, 0.5) is 0 Å². The summed E-state index contributed by atoms with van der Waals surface area (Å²) in [5.74, 6) is -0.985. The summed E-state index contributed by atoms with van der Waals surface area (Å²) in [6.07, 6.45) is 0.707. The summed E-state index contributed by atoms with van der Waals surface area (Å²) in [7, 11) is 0. The summed E-state index contributed by atoms with van der Waals surface area (Å²) in [6, 6.07) is 1.27. The largest absolute Gasteiger partial charge is 0.476 e. The fourth-order valence-corrected chi connectivity index (χ4v) is 2.15. The fourth-order valence-electron chi connectivity index (χ4n) is 2.15. The lowest BCUT2D eigenvalue weighted by molar-refractivity contribution is -0.156. The van der Waals surface area contributed by atoms with Crippen LogP contribution in [-0.2, 0) is 10.3 Å². The molecular weight excluding hydrogens is 226 g/mol. The highest BCUT2D eigenvalue weighted by atomic mass is 16.5. The topological polar surface area (TPSA) is 92.8 Å². The van der Waals surface area contributed by atoms with Crippen molar-refractivity contribution >= 4 is 5.97 Å². The molecule has 2 rings (SSSR count). The van der Waals surface area contributed by atoms with Crippen molar-refractivity contribution in [1.82, 2.24) is 5.16 Å². The van der Waals surface area contributed by atoms with E-state index in [2.05, 4.69) is 5.16 Å². The number of carboxylic acids is 1. The molecule has 0 aliphatic carbocycles. The summed E-state index contributed by atoms with van der Waals surface area (Å²) >= 11 is 0. The Balaban J connectivity index is 2.27. The van der Waals surface area contributed by atoms with Crippen LogP contribution in [0.2, 0.25) is 0 Å². The summed E-state index contributed by atoms with van der Waals surface area (Å²) in [6.45, 7) is 4.13. The minimum atomic E-state index is -1.21.